The van der Waals surface area contributed by atoms with Crippen LogP contribution in [0.1, 0.15) is 68.2 Å². The van der Waals surface area contributed by atoms with E-state index in [1.807, 2.05) is 31.2 Å². The summed E-state index contributed by atoms with van der Waals surface area (Å²) in [6, 6.07) is 7.83. The molecule has 0 spiro atoms. The third kappa shape index (κ3) is 8.15. The van der Waals surface area contributed by atoms with Crippen molar-refractivity contribution in [3.63, 3.8) is 0 Å². The molecule has 0 bridgehead atoms. The molecule has 3 aromatic rings. The van der Waals surface area contributed by atoms with Gasteiger partial charge in [0.2, 0.25) is 17.7 Å². The monoisotopic (exact) mass is 639 g/mol. The molecule has 2 saturated heterocycles. The highest BCUT2D eigenvalue weighted by Gasteiger charge is 2.29. The summed E-state index contributed by atoms with van der Waals surface area (Å²) in [6.07, 6.45) is 8.65. The van der Waals surface area contributed by atoms with Gasteiger partial charge in [-0.1, -0.05) is 18.0 Å². The highest BCUT2D eigenvalue weighted by Crippen LogP contribution is 2.42. The molecule has 0 saturated carbocycles. The van der Waals surface area contributed by atoms with Crippen molar-refractivity contribution in [2.45, 2.75) is 77.4 Å². The molecular formula is C33H42ClN5O4S. The number of aromatic nitrogens is 1. The van der Waals surface area contributed by atoms with E-state index < -0.39 is 0 Å². The van der Waals surface area contributed by atoms with Gasteiger partial charge in [-0.2, -0.15) is 0 Å². The Kier molecular flexibility index (Phi) is 11.2. The van der Waals surface area contributed by atoms with Gasteiger partial charge in [-0.25, -0.2) is 0 Å². The number of ether oxygens (including phenoxy) is 1. The van der Waals surface area contributed by atoms with Crippen molar-refractivity contribution in [2.24, 2.45) is 5.73 Å². The first kappa shape index (κ1) is 32.3. The van der Waals surface area contributed by atoms with Gasteiger partial charge in [-0.05, 0) is 81.9 Å². The number of fused-ring (bicyclic) bond motifs is 1. The summed E-state index contributed by atoms with van der Waals surface area (Å²) in [5, 5.41) is 3.68. The Hall–Kier alpha value is -3.05. The Morgan fingerprint density at radius 2 is 1.86 bits per heavy atom. The van der Waals surface area contributed by atoms with Crippen molar-refractivity contribution in [3.05, 3.63) is 45.9 Å². The van der Waals surface area contributed by atoms with Crippen molar-refractivity contribution < 1.29 is 19.1 Å². The summed E-state index contributed by atoms with van der Waals surface area (Å²) in [5.41, 5.74) is 9.21. The van der Waals surface area contributed by atoms with Crippen LogP contribution in [0.2, 0.25) is 5.02 Å². The number of hydrogen-bond acceptors (Lipinski definition) is 8. The average molecular weight is 640 g/mol. The van der Waals surface area contributed by atoms with Crippen LogP contribution in [0.5, 0.6) is 5.75 Å². The van der Waals surface area contributed by atoms with E-state index in [9.17, 15) is 14.4 Å². The Morgan fingerprint density at radius 1 is 1.09 bits per heavy atom. The molecule has 44 heavy (non-hydrogen) atoms. The fourth-order valence-corrected chi connectivity index (χ4v) is 7.37. The van der Waals surface area contributed by atoms with E-state index in [0.29, 0.717) is 24.5 Å². The van der Waals surface area contributed by atoms with E-state index >= 15 is 0 Å². The lowest BCUT2D eigenvalue weighted by molar-refractivity contribution is -0.139. The number of halogens is 1. The number of carbonyl (C=O) groups is 3. The van der Waals surface area contributed by atoms with Crippen LogP contribution < -0.4 is 15.8 Å². The second-order valence-electron chi connectivity index (χ2n) is 11.7. The number of pyridine rings is 1. The number of nitrogens with two attached hydrogens (primary N) is 1. The highest BCUT2D eigenvalue weighted by atomic mass is 35.5. The summed E-state index contributed by atoms with van der Waals surface area (Å²) in [4.78, 5) is 45.7. The number of benzene rings is 1. The van der Waals surface area contributed by atoms with Crippen molar-refractivity contribution in [1.82, 2.24) is 20.1 Å². The number of aryl methyl sites for hydroxylation is 1. The molecule has 11 heteroatoms. The number of unbranched alkanes of at least 4 members (excludes halogenated alkanes) is 2. The SMILES string of the molecule is Cc1cc(Cl)cc(-c2ccnc3cc(CN4C(=O)CCC4=O)sc23)c1OC1CCN(CCCNC(=O)CCCCCN)CC1. The first-order valence-electron chi connectivity index (χ1n) is 15.7. The Bertz CT molecular complexity index is 1470. The normalized spacial score (nSPS) is 16.3. The summed E-state index contributed by atoms with van der Waals surface area (Å²) < 4.78 is 7.69. The molecule has 2 aliphatic heterocycles. The Balaban J connectivity index is 1.20. The number of nitrogens with zero attached hydrogens (tertiary/aromatic N) is 3. The lowest BCUT2D eigenvalue weighted by atomic mass is 10.0. The number of rotatable bonds is 14. The second kappa shape index (κ2) is 15.3. The molecule has 1 aromatic carbocycles. The van der Waals surface area contributed by atoms with E-state index in [4.69, 9.17) is 22.1 Å². The molecule has 236 valence electrons. The minimum absolute atomic E-state index is 0.0847. The molecule has 2 aliphatic rings. The maximum Gasteiger partial charge on any atom is 0.230 e. The Morgan fingerprint density at radius 3 is 2.61 bits per heavy atom. The molecule has 3 amide bonds. The fourth-order valence-electron chi connectivity index (χ4n) is 5.96. The van der Waals surface area contributed by atoms with E-state index in [2.05, 4.69) is 15.2 Å². The molecule has 9 nitrogen and oxygen atoms in total. The van der Waals surface area contributed by atoms with Crippen LogP contribution in [0.15, 0.2) is 30.5 Å². The van der Waals surface area contributed by atoms with Crippen molar-refractivity contribution in [3.8, 4) is 16.9 Å². The van der Waals surface area contributed by atoms with Crippen molar-refractivity contribution in [2.75, 3.05) is 32.7 Å². The lowest BCUT2D eigenvalue weighted by Crippen LogP contribution is -2.39. The van der Waals surface area contributed by atoms with E-state index in [1.54, 1.807) is 17.5 Å². The summed E-state index contributed by atoms with van der Waals surface area (Å²) >= 11 is 8.11. The van der Waals surface area contributed by atoms with Gasteiger partial charge in [0.05, 0.1) is 16.8 Å². The molecule has 4 heterocycles. The summed E-state index contributed by atoms with van der Waals surface area (Å²) in [7, 11) is 0. The molecule has 3 N–H and O–H groups in total. The first-order valence-corrected chi connectivity index (χ1v) is 16.9. The van der Waals surface area contributed by atoms with Gasteiger partial charge in [0, 0.05) is 66.1 Å². The summed E-state index contributed by atoms with van der Waals surface area (Å²) in [5.74, 6) is 0.716. The van der Waals surface area contributed by atoms with Crippen LogP contribution in [0.25, 0.3) is 21.3 Å². The number of nitrogens with one attached hydrogen (secondary N) is 1. The van der Waals surface area contributed by atoms with E-state index in [-0.39, 0.29) is 43.2 Å². The van der Waals surface area contributed by atoms with Gasteiger partial charge in [-0.15, -0.1) is 11.3 Å². The number of amides is 3. The van der Waals surface area contributed by atoms with Gasteiger partial charge >= 0.3 is 0 Å². The van der Waals surface area contributed by atoms with Crippen LogP contribution in [0.3, 0.4) is 0 Å². The molecule has 5 rings (SSSR count). The number of hydrogen-bond donors (Lipinski definition) is 2. The predicted octanol–water partition coefficient (Wildman–Crippen LogP) is 5.44. The van der Waals surface area contributed by atoms with Gasteiger partial charge in [0.15, 0.2) is 0 Å². The van der Waals surface area contributed by atoms with Crippen LogP contribution in [0, 0.1) is 6.92 Å². The second-order valence-corrected chi connectivity index (χ2v) is 13.3. The van der Waals surface area contributed by atoms with Gasteiger partial charge in [0.1, 0.15) is 11.9 Å². The number of carbonyl (C=O) groups excluding carboxylic acids is 3. The quantitative estimate of drug-likeness (QED) is 0.178. The number of imide groups is 1. The topological polar surface area (TPSA) is 118 Å². The van der Waals surface area contributed by atoms with E-state index in [0.717, 1.165) is 95.7 Å². The molecule has 0 atom stereocenters. The maximum atomic E-state index is 12.2. The first-order chi connectivity index (χ1) is 21.3. The molecule has 2 fully saturated rings. The largest absolute Gasteiger partial charge is 0.489 e. The molecule has 0 aliphatic carbocycles. The molecule has 0 radical (unpaired) electrons. The van der Waals surface area contributed by atoms with Crippen LogP contribution in [-0.4, -0.2) is 71.3 Å². The number of likely N-dealkylation sites (tertiary alicyclic amines) is 2. The zero-order valence-corrected chi connectivity index (χ0v) is 27.0. The molecule has 2 aromatic heterocycles. The minimum Gasteiger partial charge on any atom is -0.489 e. The zero-order chi connectivity index (χ0) is 31.1. The van der Waals surface area contributed by atoms with Crippen molar-refractivity contribution in [1.29, 1.82) is 0 Å². The Labute approximate surface area is 268 Å². The summed E-state index contributed by atoms with van der Waals surface area (Å²) in [6.45, 7) is 6.53. The smallest absolute Gasteiger partial charge is 0.230 e. The third-order valence-corrected chi connectivity index (χ3v) is 9.72. The molecule has 0 unspecified atom stereocenters. The van der Waals surface area contributed by atoms with Crippen LogP contribution >= 0.6 is 22.9 Å². The number of thiophene rings is 1. The van der Waals surface area contributed by atoms with Crippen LogP contribution in [0.4, 0.5) is 0 Å². The number of piperidine rings is 1. The van der Waals surface area contributed by atoms with Gasteiger partial charge in [-0.3, -0.25) is 24.3 Å². The average Bonchev–Trinajstić information content (AvgIpc) is 3.57. The predicted molar refractivity (Wildman–Crippen MR) is 175 cm³/mol. The minimum atomic E-state index is -0.121. The van der Waals surface area contributed by atoms with Gasteiger partial charge < -0.3 is 20.7 Å². The van der Waals surface area contributed by atoms with E-state index in [1.165, 1.54) is 4.90 Å². The highest BCUT2D eigenvalue weighted by molar-refractivity contribution is 7.19. The van der Waals surface area contributed by atoms with Gasteiger partial charge in [0.25, 0.3) is 0 Å². The van der Waals surface area contributed by atoms with Crippen molar-refractivity contribution >= 4 is 50.9 Å². The maximum absolute atomic E-state index is 12.2. The molecular weight excluding hydrogens is 598 g/mol. The lowest BCUT2D eigenvalue weighted by Gasteiger charge is -2.33. The fraction of sp³-hybridized carbons (Fsp3) is 0.515. The zero-order valence-electron chi connectivity index (χ0n) is 25.4. The standard InChI is InChI=1S/C33H42ClN5O4S/c1-22-18-23(34)19-27(26-9-14-36-28-20-25(44-33(26)28)21-39-30(41)7-8-31(39)42)32(22)43-24-10-16-38(17-11-24)15-5-13-37-29(40)6-3-2-4-12-35/h9,14,18-20,24H,2-8,10-13,15-17,21,35H2,1H3,(H,37,40). The third-order valence-electron chi connectivity index (χ3n) is 8.36. The van der Waals surface area contributed by atoms with Crippen LogP contribution in [-0.2, 0) is 20.9 Å².